The number of allylic oxidation sites excluding steroid dienone is 4. The number of hydrogen-bond donors (Lipinski definition) is 8. The number of nitrogens with one attached hydrogen (secondary N) is 1. The third-order valence-electron chi connectivity index (χ3n) is 12.2. The number of aliphatic hydroxyl groups excluding tert-OH is 7. The van der Waals surface area contributed by atoms with Gasteiger partial charge in [0.25, 0.3) is 0 Å². The first-order chi connectivity index (χ1) is 29.7. The lowest BCUT2D eigenvalue weighted by atomic mass is 9.98. The van der Waals surface area contributed by atoms with Gasteiger partial charge in [-0.25, -0.2) is 0 Å². The van der Waals surface area contributed by atoms with Gasteiger partial charge in [-0.05, 0) is 44.9 Å². The van der Waals surface area contributed by atoms with E-state index in [9.17, 15) is 40.5 Å². The SMILES string of the molecule is CC/C=C/CC/C=C/CCCC(O)C(O)C(COC1OC(CO)C(O)C(O)C1O)NC(=O)C(O)CCCCCCCCCCCCCCCCCCCCCCCCCCC. The van der Waals surface area contributed by atoms with Crippen LogP contribution in [0.15, 0.2) is 24.3 Å². The van der Waals surface area contributed by atoms with Gasteiger partial charge in [0.2, 0.25) is 5.91 Å². The molecule has 11 nitrogen and oxygen atoms in total. The Bertz CT molecular complexity index is 1040. The molecular weight excluding hydrogens is 775 g/mol. The molecule has 9 unspecified atom stereocenters. The molecule has 0 spiro atoms. The van der Waals surface area contributed by atoms with Crippen LogP contribution in [0.25, 0.3) is 0 Å². The molecule has 360 valence electrons. The average Bonchev–Trinajstić information content (AvgIpc) is 3.26. The van der Waals surface area contributed by atoms with Crippen molar-refractivity contribution in [3.8, 4) is 0 Å². The van der Waals surface area contributed by atoms with Gasteiger partial charge < -0.3 is 50.5 Å². The maximum absolute atomic E-state index is 13.1. The Balaban J connectivity index is 2.27. The molecule has 0 bridgehead atoms. The standard InChI is InChI=1S/C50H95NO10/c1-3-5-7-9-11-13-14-15-16-17-18-19-20-21-22-23-24-25-26-27-28-30-32-34-36-38-43(54)49(59)51-41(40-60-50-48(58)47(57)46(56)44(39-52)61-50)45(55)42(53)37-35-33-31-29-12-10-8-6-4-2/h6,8,29,31,41-48,50,52-58H,3-5,7,9-28,30,32-40H2,1-2H3,(H,51,59)/b8-6+,31-29+. The molecule has 61 heavy (non-hydrogen) atoms. The van der Waals surface area contributed by atoms with E-state index in [0.29, 0.717) is 19.3 Å². The van der Waals surface area contributed by atoms with Crippen LogP contribution in [-0.2, 0) is 14.3 Å². The summed E-state index contributed by atoms with van der Waals surface area (Å²) < 4.78 is 11.1. The predicted molar refractivity (Wildman–Crippen MR) is 247 cm³/mol. The highest BCUT2D eigenvalue weighted by Gasteiger charge is 2.44. The van der Waals surface area contributed by atoms with Crippen molar-refractivity contribution in [2.24, 2.45) is 0 Å². The van der Waals surface area contributed by atoms with E-state index in [1.54, 1.807) is 0 Å². The molecule has 1 aliphatic rings. The fraction of sp³-hybridized carbons (Fsp3) is 0.900. The Kier molecular flexibility index (Phi) is 37.9. The van der Waals surface area contributed by atoms with Crippen molar-refractivity contribution in [2.45, 2.75) is 274 Å². The van der Waals surface area contributed by atoms with Gasteiger partial charge in [0.15, 0.2) is 6.29 Å². The van der Waals surface area contributed by atoms with E-state index >= 15 is 0 Å². The van der Waals surface area contributed by atoms with E-state index in [1.807, 2.05) is 6.08 Å². The van der Waals surface area contributed by atoms with Crippen LogP contribution in [0.2, 0.25) is 0 Å². The number of hydrogen-bond acceptors (Lipinski definition) is 10. The maximum atomic E-state index is 13.1. The van der Waals surface area contributed by atoms with Gasteiger partial charge in [-0.15, -0.1) is 0 Å². The predicted octanol–water partition coefficient (Wildman–Crippen LogP) is 9.01. The van der Waals surface area contributed by atoms with E-state index in [1.165, 1.54) is 135 Å². The van der Waals surface area contributed by atoms with Crippen molar-refractivity contribution in [3.05, 3.63) is 24.3 Å². The zero-order valence-corrected chi connectivity index (χ0v) is 38.9. The van der Waals surface area contributed by atoms with Crippen LogP contribution in [0.3, 0.4) is 0 Å². The van der Waals surface area contributed by atoms with Gasteiger partial charge in [0.05, 0.1) is 25.4 Å². The number of ether oxygens (including phenoxy) is 2. The summed E-state index contributed by atoms with van der Waals surface area (Å²) in [4.78, 5) is 13.1. The number of carbonyl (C=O) groups excluding carboxylic acids is 1. The fourth-order valence-corrected chi connectivity index (χ4v) is 8.11. The maximum Gasteiger partial charge on any atom is 0.249 e. The van der Waals surface area contributed by atoms with E-state index < -0.39 is 74.2 Å². The first-order valence-electron chi connectivity index (χ1n) is 25.2. The highest BCUT2D eigenvalue weighted by Crippen LogP contribution is 2.23. The van der Waals surface area contributed by atoms with Gasteiger partial charge in [0.1, 0.15) is 36.6 Å². The Morgan fingerprint density at radius 3 is 1.48 bits per heavy atom. The molecule has 1 heterocycles. The van der Waals surface area contributed by atoms with E-state index in [4.69, 9.17) is 9.47 Å². The minimum Gasteiger partial charge on any atom is -0.394 e. The zero-order valence-electron chi connectivity index (χ0n) is 38.9. The number of aliphatic hydroxyl groups is 7. The summed E-state index contributed by atoms with van der Waals surface area (Å²) >= 11 is 0. The molecule has 0 aromatic carbocycles. The second-order valence-electron chi connectivity index (χ2n) is 17.9. The molecule has 1 fully saturated rings. The molecule has 0 radical (unpaired) electrons. The Morgan fingerprint density at radius 2 is 1.02 bits per heavy atom. The number of rotatable bonds is 42. The topological polar surface area (TPSA) is 189 Å². The summed E-state index contributed by atoms with van der Waals surface area (Å²) in [5.41, 5.74) is 0. The van der Waals surface area contributed by atoms with Gasteiger partial charge in [-0.1, -0.05) is 199 Å². The summed E-state index contributed by atoms with van der Waals surface area (Å²) in [6, 6.07) is -1.19. The normalized spacial score (nSPS) is 21.6. The van der Waals surface area contributed by atoms with Crippen molar-refractivity contribution >= 4 is 5.91 Å². The lowest BCUT2D eigenvalue weighted by Gasteiger charge is -2.40. The number of carbonyl (C=O) groups is 1. The molecule has 1 saturated heterocycles. The van der Waals surface area contributed by atoms with Crippen molar-refractivity contribution in [3.63, 3.8) is 0 Å². The number of unbranched alkanes of at least 4 members (excludes halogenated alkanes) is 26. The molecule has 1 rings (SSSR count). The second-order valence-corrected chi connectivity index (χ2v) is 17.9. The van der Waals surface area contributed by atoms with Crippen molar-refractivity contribution in [1.29, 1.82) is 0 Å². The monoisotopic (exact) mass is 870 g/mol. The third-order valence-corrected chi connectivity index (χ3v) is 12.2. The lowest BCUT2D eigenvalue weighted by molar-refractivity contribution is -0.303. The minimum absolute atomic E-state index is 0.246. The molecule has 1 amide bonds. The van der Waals surface area contributed by atoms with Crippen molar-refractivity contribution in [1.82, 2.24) is 5.32 Å². The minimum atomic E-state index is -1.67. The van der Waals surface area contributed by atoms with Crippen molar-refractivity contribution in [2.75, 3.05) is 13.2 Å². The van der Waals surface area contributed by atoms with Crippen LogP contribution in [-0.4, -0.2) is 110 Å². The molecule has 0 aromatic heterocycles. The zero-order chi connectivity index (χ0) is 44.8. The quantitative estimate of drug-likeness (QED) is 0.0217. The Hall–Kier alpha value is -1.41. The smallest absolute Gasteiger partial charge is 0.249 e. The summed E-state index contributed by atoms with van der Waals surface area (Å²) in [6.45, 7) is 3.30. The van der Waals surface area contributed by atoms with Gasteiger partial charge in [-0.2, -0.15) is 0 Å². The molecule has 0 saturated carbocycles. The van der Waals surface area contributed by atoms with Crippen molar-refractivity contribution < 1.29 is 50.0 Å². The highest BCUT2D eigenvalue weighted by molar-refractivity contribution is 5.80. The summed E-state index contributed by atoms with van der Waals surface area (Å²) in [5.74, 6) is -0.710. The van der Waals surface area contributed by atoms with Gasteiger partial charge in [0, 0.05) is 0 Å². The fourth-order valence-electron chi connectivity index (χ4n) is 8.11. The summed E-state index contributed by atoms with van der Waals surface area (Å²) in [5, 5.41) is 75.5. The van der Waals surface area contributed by atoms with Gasteiger partial charge >= 0.3 is 0 Å². The average molecular weight is 870 g/mol. The largest absolute Gasteiger partial charge is 0.394 e. The Labute approximate surface area is 372 Å². The van der Waals surface area contributed by atoms with Crippen LogP contribution < -0.4 is 5.32 Å². The van der Waals surface area contributed by atoms with Gasteiger partial charge in [-0.3, -0.25) is 4.79 Å². The molecule has 0 aromatic rings. The highest BCUT2D eigenvalue weighted by atomic mass is 16.7. The summed E-state index contributed by atoms with van der Waals surface area (Å²) in [6.07, 6.45) is 34.2. The molecular formula is C50H95NO10. The summed E-state index contributed by atoms with van der Waals surface area (Å²) in [7, 11) is 0. The van der Waals surface area contributed by atoms with Crippen LogP contribution in [0.5, 0.6) is 0 Å². The van der Waals surface area contributed by atoms with E-state index in [-0.39, 0.29) is 12.8 Å². The molecule has 11 heteroatoms. The second kappa shape index (κ2) is 40.1. The van der Waals surface area contributed by atoms with Crippen LogP contribution in [0, 0.1) is 0 Å². The molecule has 9 atom stereocenters. The lowest BCUT2D eigenvalue weighted by Crippen LogP contribution is -2.60. The van der Waals surface area contributed by atoms with Crippen LogP contribution in [0.4, 0.5) is 0 Å². The first kappa shape index (κ1) is 57.6. The molecule has 1 aliphatic heterocycles. The number of amides is 1. The third kappa shape index (κ3) is 29.6. The Morgan fingerprint density at radius 1 is 0.574 bits per heavy atom. The van der Waals surface area contributed by atoms with E-state index in [2.05, 4.69) is 37.4 Å². The molecule has 8 N–H and O–H groups in total. The van der Waals surface area contributed by atoms with E-state index in [0.717, 1.165) is 38.5 Å². The first-order valence-corrected chi connectivity index (χ1v) is 25.2. The molecule has 0 aliphatic carbocycles. The van der Waals surface area contributed by atoms with Crippen LogP contribution in [0.1, 0.15) is 219 Å². The van der Waals surface area contributed by atoms with Crippen LogP contribution >= 0.6 is 0 Å².